The first-order chi connectivity index (χ1) is 24.1. The van der Waals surface area contributed by atoms with Crippen molar-refractivity contribution >= 4 is 97.8 Å². The van der Waals surface area contributed by atoms with Crippen LogP contribution < -0.4 is 10.1 Å². The van der Waals surface area contributed by atoms with E-state index in [4.69, 9.17) is 13.8 Å². The Morgan fingerprint density at radius 3 is 1.83 bits per heavy atom. The summed E-state index contributed by atoms with van der Waals surface area (Å²) in [6.45, 7) is 1.64. The van der Waals surface area contributed by atoms with Gasteiger partial charge in [-0.2, -0.15) is 53.7 Å². The number of benzene rings is 3. The molecule has 0 aliphatic rings. The van der Waals surface area contributed by atoms with E-state index < -0.39 is 61.8 Å². The molecular formula is C27H30N6O13S6. The number of azo groups is 1. The van der Waals surface area contributed by atoms with Gasteiger partial charge in [-0.05, 0) is 43.5 Å². The Labute approximate surface area is 307 Å². The molecule has 0 atom stereocenters. The first-order valence-corrected chi connectivity index (χ1v) is 22.5. The van der Waals surface area contributed by atoms with Crippen LogP contribution in [0.4, 0.5) is 23.0 Å². The number of fused-ring (bicyclic) bond motifs is 1. The lowest BCUT2D eigenvalue weighted by molar-refractivity contribution is 0.417. The van der Waals surface area contributed by atoms with E-state index >= 15 is 0 Å². The zero-order valence-corrected chi connectivity index (χ0v) is 31.8. The molecule has 1 aromatic heterocycles. The molecule has 0 aliphatic carbocycles. The van der Waals surface area contributed by atoms with E-state index in [1.165, 1.54) is 31.4 Å². The molecule has 19 nitrogen and oxygen atoms in total. The molecule has 0 unspecified atom stereocenters. The molecule has 4 aromatic rings. The van der Waals surface area contributed by atoms with Crippen LogP contribution in [0.25, 0.3) is 10.8 Å². The normalized spacial score (nSPS) is 12.8. The number of thioether (sulfide) groups is 2. The zero-order chi connectivity index (χ0) is 38.5. The maximum absolute atomic E-state index is 12.4. The van der Waals surface area contributed by atoms with Crippen LogP contribution in [-0.2, 0) is 40.5 Å². The SMILES string of the molecule is COc1cc(N=Nc2ccc3c(S(=O)(=O)O)cccc3c2S(=O)(=O)O)c(C)cc1Nc1nc(SCCCS(=O)(=O)O)nc(SCCCS(=O)(=O)O)n1. The molecule has 282 valence electrons. The highest BCUT2D eigenvalue weighted by atomic mass is 32.2. The number of rotatable bonds is 17. The van der Waals surface area contributed by atoms with Crippen LogP contribution in [0, 0.1) is 6.92 Å². The van der Waals surface area contributed by atoms with Gasteiger partial charge in [-0.15, -0.1) is 5.11 Å². The number of methoxy groups -OCH3 is 1. The summed E-state index contributed by atoms with van der Waals surface area (Å²) in [5.41, 5.74) is 0.660. The van der Waals surface area contributed by atoms with Gasteiger partial charge in [-0.1, -0.05) is 41.7 Å². The van der Waals surface area contributed by atoms with E-state index in [2.05, 4.69) is 30.5 Å². The Balaban J connectivity index is 1.66. The highest BCUT2D eigenvalue weighted by Gasteiger charge is 2.24. The number of aromatic nitrogens is 3. The summed E-state index contributed by atoms with van der Waals surface area (Å²) >= 11 is 2.16. The first kappa shape index (κ1) is 41.2. The first-order valence-electron chi connectivity index (χ1n) is 14.4. The Bertz CT molecular complexity index is 2410. The fraction of sp³-hybridized carbons (Fsp3) is 0.296. The standard InChI is InChI=1S/C27H30N6O13S6/c1-16-14-21(28-25-29-26(47-10-4-12-49(34,35)36)31-27(30-25)48-11-5-13-50(37,38)39)22(46-2)15-20(16)33-32-19-9-8-17-18(24(19)52(43,44)45)6-3-7-23(17)51(40,41)42/h3,6-9,14-15H,4-5,10-13H2,1-2H3,(H,34,35,36)(H,37,38,39)(H,40,41,42)(H,43,44,45)(H,28,29,30,31). The van der Waals surface area contributed by atoms with Crippen molar-refractivity contribution in [3.63, 3.8) is 0 Å². The molecule has 0 amide bonds. The van der Waals surface area contributed by atoms with Crippen LogP contribution in [-0.4, -0.2) is 97.0 Å². The number of hydrogen-bond acceptors (Lipinski definition) is 17. The van der Waals surface area contributed by atoms with E-state index in [0.717, 1.165) is 35.7 Å². The van der Waals surface area contributed by atoms with E-state index in [1.807, 2.05) is 0 Å². The summed E-state index contributed by atoms with van der Waals surface area (Å²) in [4.78, 5) is 11.7. The predicted molar refractivity (Wildman–Crippen MR) is 192 cm³/mol. The maximum Gasteiger partial charge on any atom is 0.297 e. The average molecular weight is 839 g/mol. The van der Waals surface area contributed by atoms with Crippen molar-refractivity contribution in [2.45, 2.75) is 39.9 Å². The van der Waals surface area contributed by atoms with Gasteiger partial charge in [-0.3, -0.25) is 18.2 Å². The molecule has 4 rings (SSSR count). The molecule has 5 N–H and O–H groups in total. The molecule has 0 radical (unpaired) electrons. The van der Waals surface area contributed by atoms with Gasteiger partial charge in [-0.25, -0.2) is 0 Å². The van der Waals surface area contributed by atoms with Gasteiger partial charge in [0.1, 0.15) is 21.2 Å². The number of nitrogens with one attached hydrogen (secondary N) is 1. The molecule has 3 aromatic carbocycles. The third-order valence-corrected chi connectivity index (χ3v) is 12.0. The Morgan fingerprint density at radius 1 is 0.731 bits per heavy atom. The molecule has 0 bridgehead atoms. The third kappa shape index (κ3) is 11.7. The van der Waals surface area contributed by atoms with Crippen LogP contribution in [0.2, 0.25) is 0 Å². The van der Waals surface area contributed by atoms with Crippen molar-refractivity contribution in [1.82, 2.24) is 15.0 Å². The number of hydrogen-bond donors (Lipinski definition) is 5. The Hall–Kier alpha value is -3.53. The number of ether oxygens (including phenoxy) is 1. The fourth-order valence-corrected chi connectivity index (χ4v) is 9.00. The lowest BCUT2D eigenvalue weighted by Gasteiger charge is -2.14. The lowest BCUT2D eigenvalue weighted by atomic mass is 10.1. The number of aryl methyl sites for hydroxylation is 1. The average Bonchev–Trinajstić information content (AvgIpc) is 3.02. The van der Waals surface area contributed by atoms with Crippen molar-refractivity contribution in [3.8, 4) is 5.75 Å². The monoisotopic (exact) mass is 838 g/mol. The van der Waals surface area contributed by atoms with Gasteiger partial charge in [0, 0.05) is 28.3 Å². The third-order valence-electron chi connectivity index (χ3n) is 6.67. The van der Waals surface area contributed by atoms with Crippen molar-refractivity contribution in [2.75, 3.05) is 35.4 Å². The summed E-state index contributed by atoms with van der Waals surface area (Å²) in [6.07, 6.45) is 0.183. The highest BCUT2D eigenvalue weighted by molar-refractivity contribution is 7.99. The van der Waals surface area contributed by atoms with Gasteiger partial charge in [0.2, 0.25) is 5.95 Å². The fourth-order valence-electron chi connectivity index (χ4n) is 4.48. The summed E-state index contributed by atoms with van der Waals surface area (Å²) in [6, 6.07) is 8.83. The van der Waals surface area contributed by atoms with Crippen LogP contribution in [0.3, 0.4) is 0 Å². The predicted octanol–water partition coefficient (Wildman–Crippen LogP) is 4.73. The number of anilines is 2. The highest BCUT2D eigenvalue weighted by Crippen LogP contribution is 2.38. The van der Waals surface area contributed by atoms with E-state index in [-0.39, 0.29) is 68.5 Å². The molecular weight excluding hydrogens is 809 g/mol. The second kappa shape index (κ2) is 16.6. The maximum atomic E-state index is 12.4. The van der Waals surface area contributed by atoms with Crippen LogP contribution >= 0.6 is 23.5 Å². The second-order valence-electron chi connectivity index (χ2n) is 10.6. The summed E-state index contributed by atoms with van der Waals surface area (Å²) in [5, 5.41) is 11.1. The molecule has 0 fully saturated rings. The van der Waals surface area contributed by atoms with Crippen LogP contribution in [0.5, 0.6) is 5.75 Å². The minimum atomic E-state index is -4.99. The van der Waals surface area contributed by atoms with Crippen LogP contribution in [0.1, 0.15) is 18.4 Å². The zero-order valence-electron chi connectivity index (χ0n) is 26.9. The topological polar surface area (TPSA) is 302 Å². The number of nitrogens with zero attached hydrogens (tertiary/aromatic N) is 5. The molecule has 52 heavy (non-hydrogen) atoms. The van der Waals surface area contributed by atoms with E-state index in [9.17, 15) is 42.8 Å². The molecule has 0 spiro atoms. The van der Waals surface area contributed by atoms with Crippen molar-refractivity contribution < 1.29 is 56.6 Å². The molecule has 1 heterocycles. The van der Waals surface area contributed by atoms with Gasteiger partial charge in [0.05, 0.1) is 30.0 Å². The van der Waals surface area contributed by atoms with Crippen LogP contribution in [0.15, 0.2) is 72.8 Å². The lowest BCUT2D eigenvalue weighted by Crippen LogP contribution is -2.07. The van der Waals surface area contributed by atoms with Crippen molar-refractivity contribution in [3.05, 3.63) is 48.0 Å². The second-order valence-corrected chi connectivity index (χ2v) is 18.6. The minimum Gasteiger partial charge on any atom is -0.494 e. The minimum absolute atomic E-state index is 0.0230. The van der Waals surface area contributed by atoms with Gasteiger partial charge in [0.25, 0.3) is 40.5 Å². The summed E-state index contributed by atoms with van der Waals surface area (Å²) < 4.78 is 136. The Morgan fingerprint density at radius 2 is 1.31 bits per heavy atom. The summed E-state index contributed by atoms with van der Waals surface area (Å²) in [7, 11) is -16.7. The largest absolute Gasteiger partial charge is 0.494 e. The smallest absolute Gasteiger partial charge is 0.297 e. The van der Waals surface area contributed by atoms with Gasteiger partial charge in [0.15, 0.2) is 10.3 Å². The van der Waals surface area contributed by atoms with Gasteiger partial charge < -0.3 is 10.1 Å². The molecule has 0 saturated carbocycles. The van der Waals surface area contributed by atoms with Gasteiger partial charge >= 0.3 is 0 Å². The molecule has 25 heteroatoms. The van der Waals surface area contributed by atoms with E-state index in [1.54, 1.807) is 13.0 Å². The quantitative estimate of drug-likeness (QED) is 0.0415. The van der Waals surface area contributed by atoms with Crippen molar-refractivity contribution in [2.24, 2.45) is 10.2 Å². The molecule has 0 aliphatic heterocycles. The van der Waals surface area contributed by atoms with E-state index in [0.29, 0.717) is 11.3 Å². The van der Waals surface area contributed by atoms with Crippen molar-refractivity contribution in [1.29, 1.82) is 0 Å². The Kier molecular flexibility index (Phi) is 13.2. The molecule has 0 saturated heterocycles. The summed E-state index contributed by atoms with van der Waals surface area (Å²) in [5.74, 6) is -0.292.